The van der Waals surface area contributed by atoms with Crippen LogP contribution in [0.4, 0.5) is 0 Å². The van der Waals surface area contributed by atoms with Gasteiger partial charge in [0.15, 0.2) is 10.7 Å². The topological polar surface area (TPSA) is 121 Å². The Hall–Kier alpha value is -2.76. The van der Waals surface area contributed by atoms with Gasteiger partial charge in [0, 0.05) is 37.0 Å². The second kappa shape index (κ2) is 7.74. The zero-order valence-electron chi connectivity index (χ0n) is 16.6. The van der Waals surface area contributed by atoms with Gasteiger partial charge in [0.05, 0.1) is 30.3 Å². The first-order chi connectivity index (χ1) is 14.9. The lowest BCUT2D eigenvalue weighted by molar-refractivity contribution is 0.0342. The first-order valence-electron chi connectivity index (χ1n) is 9.90. The van der Waals surface area contributed by atoms with Crippen molar-refractivity contribution < 1.29 is 23.7 Å². The van der Waals surface area contributed by atoms with E-state index in [4.69, 9.17) is 4.74 Å². The summed E-state index contributed by atoms with van der Waals surface area (Å²) in [6, 6.07) is 11.2. The van der Waals surface area contributed by atoms with Gasteiger partial charge < -0.3 is 9.84 Å². The summed E-state index contributed by atoms with van der Waals surface area (Å²) >= 11 is 0. The molecule has 9 nitrogen and oxygen atoms in total. The third kappa shape index (κ3) is 3.62. The molecule has 2 aromatic heterocycles. The van der Waals surface area contributed by atoms with Gasteiger partial charge >= 0.3 is 5.97 Å². The third-order valence-corrected chi connectivity index (χ3v) is 7.19. The number of aromatic carboxylic acids is 1. The highest BCUT2D eigenvalue weighted by Crippen LogP contribution is 2.58. The van der Waals surface area contributed by atoms with E-state index in [1.54, 1.807) is 16.8 Å². The van der Waals surface area contributed by atoms with Crippen LogP contribution in [0, 0.1) is 0 Å². The second-order valence-electron chi connectivity index (χ2n) is 7.61. The van der Waals surface area contributed by atoms with E-state index in [-0.39, 0.29) is 16.5 Å². The van der Waals surface area contributed by atoms with E-state index in [0.717, 1.165) is 38.4 Å². The Morgan fingerprint density at radius 1 is 1.13 bits per heavy atom. The molecule has 2 aliphatic rings. The standard InChI is InChI=1S/C21H22N4O5S/c26-21(27)18-17-13-31(28,29)20-16(2-1-7-22-20)19(17)25(23-18)15-5-3-14(4-6-15)12-24-8-10-30-11-9-24/h1-7,28-29H,8-13H2,(H,26,27). The molecule has 1 saturated heterocycles. The predicted octanol–water partition coefficient (Wildman–Crippen LogP) is 3.09. The number of morpholine rings is 1. The minimum absolute atomic E-state index is 0.171. The number of carboxylic acids is 1. The maximum atomic E-state index is 11.9. The zero-order chi connectivity index (χ0) is 21.6. The molecule has 0 amide bonds. The summed E-state index contributed by atoms with van der Waals surface area (Å²) in [6.07, 6.45) is 1.50. The molecule has 4 heterocycles. The number of benzene rings is 1. The number of carbonyl (C=O) groups is 1. The van der Waals surface area contributed by atoms with Crippen molar-refractivity contribution in [3.8, 4) is 16.9 Å². The van der Waals surface area contributed by atoms with Gasteiger partial charge in [-0.3, -0.25) is 14.0 Å². The van der Waals surface area contributed by atoms with Gasteiger partial charge in [0.25, 0.3) is 0 Å². The van der Waals surface area contributed by atoms with E-state index >= 15 is 0 Å². The minimum Gasteiger partial charge on any atom is -0.476 e. The average molecular weight is 442 g/mol. The highest BCUT2D eigenvalue weighted by molar-refractivity contribution is 8.23. The van der Waals surface area contributed by atoms with Crippen LogP contribution in [-0.2, 0) is 17.0 Å². The van der Waals surface area contributed by atoms with Crippen molar-refractivity contribution in [3.63, 3.8) is 0 Å². The van der Waals surface area contributed by atoms with Crippen molar-refractivity contribution in [2.75, 3.05) is 26.3 Å². The van der Waals surface area contributed by atoms with Crippen molar-refractivity contribution in [1.82, 2.24) is 19.7 Å². The van der Waals surface area contributed by atoms with Crippen LogP contribution in [0.1, 0.15) is 21.6 Å². The molecular weight excluding hydrogens is 420 g/mol. The van der Waals surface area contributed by atoms with Gasteiger partial charge in [-0.05, 0) is 29.8 Å². The molecule has 1 aromatic carbocycles. The van der Waals surface area contributed by atoms with Crippen molar-refractivity contribution in [2.45, 2.75) is 17.3 Å². The van der Waals surface area contributed by atoms with E-state index in [9.17, 15) is 19.0 Å². The molecule has 0 unspecified atom stereocenters. The SMILES string of the molecule is O=C(O)c1nn(-c2ccc(CN3CCOCC3)cc2)c2c1CS(O)(O)c1ncccc1-2. The number of ether oxygens (including phenoxy) is 1. The zero-order valence-corrected chi connectivity index (χ0v) is 17.5. The van der Waals surface area contributed by atoms with E-state index in [0.29, 0.717) is 22.5 Å². The summed E-state index contributed by atoms with van der Waals surface area (Å²) in [7, 11) is -3.25. The Bertz CT molecular complexity index is 1140. The Morgan fingerprint density at radius 3 is 2.58 bits per heavy atom. The quantitative estimate of drug-likeness (QED) is 0.564. The van der Waals surface area contributed by atoms with Crippen LogP contribution in [0.5, 0.6) is 0 Å². The van der Waals surface area contributed by atoms with Gasteiger partial charge in [-0.2, -0.15) is 5.10 Å². The van der Waals surface area contributed by atoms with Crippen LogP contribution in [0.2, 0.25) is 0 Å². The normalized spacial score (nSPS) is 18.8. The van der Waals surface area contributed by atoms with E-state index < -0.39 is 16.6 Å². The minimum atomic E-state index is -3.25. The van der Waals surface area contributed by atoms with E-state index in [2.05, 4.69) is 15.0 Å². The smallest absolute Gasteiger partial charge is 0.356 e. The summed E-state index contributed by atoms with van der Waals surface area (Å²) in [5, 5.41) is 14.2. The Labute approximate surface area is 180 Å². The van der Waals surface area contributed by atoms with Crippen LogP contribution in [0.15, 0.2) is 47.6 Å². The maximum absolute atomic E-state index is 11.9. The molecule has 3 N–H and O–H groups in total. The summed E-state index contributed by atoms with van der Waals surface area (Å²) < 4.78 is 28.1. The number of fused-ring (bicyclic) bond motifs is 3. The van der Waals surface area contributed by atoms with Gasteiger partial charge in [0.2, 0.25) is 0 Å². The molecule has 0 radical (unpaired) electrons. The number of hydrogen-bond acceptors (Lipinski definition) is 7. The van der Waals surface area contributed by atoms with E-state index in [1.807, 2.05) is 24.3 Å². The molecule has 10 heteroatoms. The lowest BCUT2D eigenvalue weighted by atomic mass is 10.1. The molecule has 2 aliphatic heterocycles. The van der Waals surface area contributed by atoms with Crippen LogP contribution in [-0.4, -0.2) is 66.1 Å². The fraction of sp³-hybridized carbons (Fsp3) is 0.286. The molecule has 31 heavy (non-hydrogen) atoms. The predicted molar refractivity (Wildman–Crippen MR) is 115 cm³/mol. The molecule has 0 bridgehead atoms. The summed E-state index contributed by atoms with van der Waals surface area (Å²) in [4.78, 5) is 18.3. The number of hydrogen-bond donors (Lipinski definition) is 3. The number of pyridine rings is 1. The molecular formula is C21H22N4O5S. The first-order valence-corrected chi connectivity index (χ1v) is 11.6. The Morgan fingerprint density at radius 2 is 1.87 bits per heavy atom. The molecule has 1 fully saturated rings. The fourth-order valence-corrected chi connectivity index (χ4v) is 5.64. The van der Waals surface area contributed by atoms with Crippen LogP contribution in [0.3, 0.4) is 0 Å². The molecule has 3 aromatic rings. The van der Waals surface area contributed by atoms with Gasteiger partial charge in [-0.1, -0.05) is 12.1 Å². The van der Waals surface area contributed by atoms with Crippen molar-refractivity contribution in [3.05, 3.63) is 59.4 Å². The summed E-state index contributed by atoms with van der Waals surface area (Å²) in [5.74, 6) is -1.43. The average Bonchev–Trinajstić information content (AvgIpc) is 3.14. The summed E-state index contributed by atoms with van der Waals surface area (Å²) in [5.41, 5.74) is 2.99. The molecule has 0 aliphatic carbocycles. The monoisotopic (exact) mass is 442 g/mol. The molecule has 5 rings (SSSR count). The Balaban J connectivity index is 1.56. The van der Waals surface area contributed by atoms with Crippen LogP contribution < -0.4 is 0 Å². The number of aromatic nitrogens is 3. The highest BCUT2D eigenvalue weighted by atomic mass is 32.3. The second-order valence-corrected chi connectivity index (χ2v) is 9.62. The third-order valence-electron chi connectivity index (χ3n) is 5.56. The summed E-state index contributed by atoms with van der Waals surface area (Å²) in [6.45, 7) is 4.08. The van der Waals surface area contributed by atoms with Crippen molar-refractivity contribution in [1.29, 1.82) is 0 Å². The molecule has 0 spiro atoms. The number of rotatable bonds is 4. The van der Waals surface area contributed by atoms with Crippen LogP contribution >= 0.6 is 10.6 Å². The first kappa shape index (κ1) is 20.2. The number of carboxylic acid groups (broad SMARTS) is 1. The highest BCUT2D eigenvalue weighted by Gasteiger charge is 2.37. The Kier molecular flexibility index (Phi) is 5.03. The van der Waals surface area contributed by atoms with Crippen molar-refractivity contribution >= 4 is 16.6 Å². The lowest BCUT2D eigenvalue weighted by Crippen LogP contribution is -2.35. The largest absolute Gasteiger partial charge is 0.476 e. The van der Waals surface area contributed by atoms with Gasteiger partial charge in [0.1, 0.15) is 0 Å². The molecule has 0 saturated carbocycles. The maximum Gasteiger partial charge on any atom is 0.356 e. The fourth-order valence-electron chi connectivity index (χ4n) is 4.08. The van der Waals surface area contributed by atoms with Gasteiger partial charge in [-0.15, -0.1) is 10.6 Å². The van der Waals surface area contributed by atoms with Crippen LogP contribution in [0.25, 0.3) is 16.9 Å². The van der Waals surface area contributed by atoms with Crippen molar-refractivity contribution in [2.24, 2.45) is 0 Å². The number of nitrogens with zero attached hydrogens (tertiary/aromatic N) is 4. The lowest BCUT2D eigenvalue weighted by Gasteiger charge is -2.36. The van der Waals surface area contributed by atoms with E-state index in [1.165, 1.54) is 6.20 Å². The molecule has 162 valence electrons. The van der Waals surface area contributed by atoms with Gasteiger partial charge in [-0.25, -0.2) is 14.5 Å². The molecule has 0 atom stereocenters.